The zero-order valence-electron chi connectivity index (χ0n) is 14.3. The molecule has 1 aromatic carbocycles. The predicted molar refractivity (Wildman–Crippen MR) is 91.8 cm³/mol. The van der Waals surface area contributed by atoms with Crippen LogP contribution < -0.4 is 15.4 Å². The molecule has 1 rings (SSSR count). The summed E-state index contributed by atoms with van der Waals surface area (Å²) in [6.45, 7) is 4.55. The number of carboxylic acid groups (broad SMARTS) is 1. The van der Waals surface area contributed by atoms with E-state index in [1.807, 2.05) is 6.92 Å². The van der Waals surface area contributed by atoms with Gasteiger partial charge in [-0.25, -0.2) is 0 Å². The fourth-order valence-corrected chi connectivity index (χ4v) is 2.11. The van der Waals surface area contributed by atoms with Gasteiger partial charge < -0.3 is 20.5 Å². The SMILES string of the molecule is CCCCNC(CC(=O)Nc1ccc(OCC)cc1[N+](=O)[O-])C(=O)O. The molecule has 0 saturated heterocycles. The molecule has 0 aliphatic carbocycles. The molecule has 3 N–H and O–H groups in total. The van der Waals surface area contributed by atoms with E-state index in [0.717, 1.165) is 12.8 Å². The molecule has 0 aromatic heterocycles. The molecule has 0 bridgehead atoms. The Bertz CT molecular complexity index is 620. The van der Waals surface area contributed by atoms with Crippen LogP contribution in [0.1, 0.15) is 33.1 Å². The van der Waals surface area contributed by atoms with Crippen LogP contribution in [0.3, 0.4) is 0 Å². The molecular formula is C16H23N3O6. The number of unbranched alkanes of at least 4 members (excludes halogenated alkanes) is 1. The zero-order valence-corrected chi connectivity index (χ0v) is 14.3. The fraction of sp³-hybridized carbons (Fsp3) is 0.500. The topological polar surface area (TPSA) is 131 Å². The highest BCUT2D eigenvalue weighted by Crippen LogP contribution is 2.29. The molecule has 9 heteroatoms. The van der Waals surface area contributed by atoms with E-state index in [4.69, 9.17) is 9.84 Å². The van der Waals surface area contributed by atoms with Crippen LogP contribution in [0, 0.1) is 10.1 Å². The van der Waals surface area contributed by atoms with Crippen LogP contribution in [0.5, 0.6) is 5.75 Å². The molecule has 0 radical (unpaired) electrons. The first kappa shape index (κ1) is 20.4. The van der Waals surface area contributed by atoms with Crippen molar-refractivity contribution in [1.29, 1.82) is 0 Å². The number of hydrogen-bond acceptors (Lipinski definition) is 6. The smallest absolute Gasteiger partial charge is 0.321 e. The number of nitro groups is 1. The monoisotopic (exact) mass is 353 g/mol. The number of carbonyl (C=O) groups excluding carboxylic acids is 1. The van der Waals surface area contributed by atoms with Crippen LogP contribution in [-0.4, -0.2) is 41.1 Å². The van der Waals surface area contributed by atoms with Crippen LogP contribution in [0.15, 0.2) is 18.2 Å². The summed E-state index contributed by atoms with van der Waals surface area (Å²) in [5.74, 6) is -1.45. The minimum absolute atomic E-state index is 0.00356. The third-order valence-electron chi connectivity index (χ3n) is 3.36. The molecule has 1 amide bonds. The normalized spacial score (nSPS) is 11.6. The maximum atomic E-state index is 12.1. The lowest BCUT2D eigenvalue weighted by Crippen LogP contribution is -2.40. The van der Waals surface area contributed by atoms with E-state index in [2.05, 4.69) is 10.6 Å². The van der Waals surface area contributed by atoms with E-state index in [-0.39, 0.29) is 17.8 Å². The first-order chi connectivity index (χ1) is 11.9. The van der Waals surface area contributed by atoms with Gasteiger partial charge in [0.2, 0.25) is 5.91 Å². The van der Waals surface area contributed by atoms with Gasteiger partial charge in [0.25, 0.3) is 5.69 Å². The van der Waals surface area contributed by atoms with Crippen molar-refractivity contribution in [2.24, 2.45) is 0 Å². The lowest BCUT2D eigenvalue weighted by molar-refractivity contribution is -0.384. The molecule has 0 heterocycles. The van der Waals surface area contributed by atoms with Gasteiger partial charge in [-0.05, 0) is 32.0 Å². The lowest BCUT2D eigenvalue weighted by atomic mass is 10.1. The fourth-order valence-electron chi connectivity index (χ4n) is 2.11. The highest BCUT2D eigenvalue weighted by atomic mass is 16.6. The average Bonchev–Trinajstić information content (AvgIpc) is 2.55. The standard InChI is InChI=1S/C16H23N3O6/c1-3-5-8-17-13(16(21)22)10-15(20)18-12-7-6-11(25-4-2)9-14(12)19(23)24/h6-7,9,13,17H,3-5,8,10H2,1-2H3,(H,18,20)(H,21,22). The van der Waals surface area contributed by atoms with Gasteiger partial charge in [0, 0.05) is 0 Å². The van der Waals surface area contributed by atoms with E-state index in [0.29, 0.717) is 18.9 Å². The summed E-state index contributed by atoms with van der Waals surface area (Å²) < 4.78 is 5.20. The number of nitrogens with one attached hydrogen (secondary N) is 2. The maximum absolute atomic E-state index is 12.1. The van der Waals surface area contributed by atoms with E-state index < -0.39 is 22.8 Å². The van der Waals surface area contributed by atoms with Crippen molar-refractivity contribution in [3.05, 3.63) is 28.3 Å². The Labute approximate surface area is 145 Å². The molecule has 1 aromatic rings. The van der Waals surface area contributed by atoms with E-state index >= 15 is 0 Å². The number of amides is 1. The Hall–Kier alpha value is -2.68. The first-order valence-electron chi connectivity index (χ1n) is 8.06. The second-order valence-corrected chi connectivity index (χ2v) is 5.32. The summed E-state index contributed by atoms with van der Waals surface area (Å²) in [5, 5.41) is 25.5. The van der Waals surface area contributed by atoms with Crippen LogP contribution in [0.4, 0.5) is 11.4 Å². The van der Waals surface area contributed by atoms with Gasteiger partial charge in [0.15, 0.2) is 0 Å². The number of nitrogens with zero attached hydrogens (tertiary/aromatic N) is 1. The highest BCUT2D eigenvalue weighted by Gasteiger charge is 2.23. The Morgan fingerprint density at radius 1 is 1.36 bits per heavy atom. The van der Waals surface area contributed by atoms with Crippen molar-refractivity contribution in [2.45, 2.75) is 39.2 Å². The summed E-state index contributed by atoms with van der Waals surface area (Å²) in [5.41, 5.74) is -0.318. The van der Waals surface area contributed by atoms with Crippen LogP contribution in [0.2, 0.25) is 0 Å². The quantitative estimate of drug-likeness (QED) is 0.315. The number of nitro benzene ring substituents is 1. The number of ether oxygens (including phenoxy) is 1. The lowest BCUT2D eigenvalue weighted by Gasteiger charge is -2.14. The molecule has 0 spiro atoms. The molecule has 1 atom stereocenters. The molecule has 0 aliphatic rings. The minimum atomic E-state index is -1.15. The number of aliphatic carboxylic acids is 1. The van der Waals surface area contributed by atoms with Crippen molar-refractivity contribution in [3.8, 4) is 5.75 Å². The van der Waals surface area contributed by atoms with Crippen molar-refractivity contribution in [1.82, 2.24) is 5.32 Å². The highest BCUT2D eigenvalue weighted by molar-refractivity contribution is 5.95. The van der Waals surface area contributed by atoms with Gasteiger partial charge in [-0.2, -0.15) is 0 Å². The summed E-state index contributed by atoms with van der Waals surface area (Å²) in [4.78, 5) is 33.8. The molecule has 0 aliphatic heterocycles. The summed E-state index contributed by atoms with van der Waals surface area (Å²) in [7, 11) is 0. The number of carboxylic acids is 1. The third-order valence-corrected chi connectivity index (χ3v) is 3.36. The van der Waals surface area contributed by atoms with Gasteiger partial charge in [0.05, 0.1) is 24.0 Å². The molecule has 0 fully saturated rings. The van der Waals surface area contributed by atoms with E-state index in [1.165, 1.54) is 18.2 Å². The Morgan fingerprint density at radius 2 is 2.08 bits per heavy atom. The molecule has 1 unspecified atom stereocenters. The molecule has 9 nitrogen and oxygen atoms in total. The van der Waals surface area contributed by atoms with Crippen LogP contribution in [-0.2, 0) is 9.59 Å². The number of benzene rings is 1. The molecule has 0 saturated carbocycles. The maximum Gasteiger partial charge on any atom is 0.321 e. The van der Waals surface area contributed by atoms with E-state index in [1.54, 1.807) is 6.92 Å². The average molecular weight is 353 g/mol. The predicted octanol–water partition coefficient (Wildman–Crippen LogP) is 2.17. The first-order valence-corrected chi connectivity index (χ1v) is 8.06. The second kappa shape index (κ2) is 10.2. The zero-order chi connectivity index (χ0) is 18.8. The molecule has 25 heavy (non-hydrogen) atoms. The van der Waals surface area contributed by atoms with Gasteiger partial charge >= 0.3 is 5.97 Å². The largest absolute Gasteiger partial charge is 0.494 e. The van der Waals surface area contributed by atoms with E-state index in [9.17, 15) is 19.7 Å². The number of rotatable bonds is 11. The van der Waals surface area contributed by atoms with Gasteiger partial charge in [0.1, 0.15) is 17.5 Å². The summed E-state index contributed by atoms with van der Waals surface area (Å²) in [6, 6.07) is 3.03. The van der Waals surface area contributed by atoms with Gasteiger partial charge in [-0.1, -0.05) is 13.3 Å². The van der Waals surface area contributed by atoms with Crippen molar-refractivity contribution < 1.29 is 24.4 Å². The Balaban J connectivity index is 2.80. The Morgan fingerprint density at radius 3 is 2.64 bits per heavy atom. The molecular weight excluding hydrogens is 330 g/mol. The number of hydrogen-bond donors (Lipinski definition) is 3. The summed E-state index contributed by atoms with van der Waals surface area (Å²) >= 11 is 0. The minimum Gasteiger partial charge on any atom is -0.494 e. The van der Waals surface area contributed by atoms with Crippen LogP contribution in [0.25, 0.3) is 0 Å². The molecule has 138 valence electrons. The van der Waals surface area contributed by atoms with Gasteiger partial charge in [-0.15, -0.1) is 0 Å². The van der Waals surface area contributed by atoms with Crippen molar-refractivity contribution in [3.63, 3.8) is 0 Å². The van der Waals surface area contributed by atoms with Gasteiger partial charge in [-0.3, -0.25) is 19.7 Å². The van der Waals surface area contributed by atoms with Crippen molar-refractivity contribution in [2.75, 3.05) is 18.5 Å². The number of anilines is 1. The second-order valence-electron chi connectivity index (χ2n) is 5.32. The summed E-state index contributed by atoms with van der Waals surface area (Å²) in [6.07, 6.45) is 1.35. The third kappa shape index (κ3) is 6.76. The van der Waals surface area contributed by atoms with Crippen LogP contribution >= 0.6 is 0 Å². The van der Waals surface area contributed by atoms with Crippen molar-refractivity contribution >= 4 is 23.3 Å². The number of carbonyl (C=O) groups is 2. The Kier molecular flexibility index (Phi) is 8.34.